The first-order valence-electron chi connectivity index (χ1n) is 16.0. The molecule has 0 aromatic heterocycles. The second-order valence-electron chi connectivity index (χ2n) is 13.2. The zero-order valence-electron chi connectivity index (χ0n) is 26.8. The Balaban J connectivity index is 1.28. The molecule has 1 aliphatic carbocycles. The molecule has 1 aliphatic rings. The molecule has 0 heterocycles. The van der Waals surface area contributed by atoms with Crippen LogP contribution in [0.4, 0.5) is 10.5 Å². The second kappa shape index (κ2) is 13.0. The monoisotopic (exact) mass is 626 g/mol. The molecule has 0 fully saturated rings. The molecule has 3 N–H and O–H groups in total. The quantitative estimate of drug-likeness (QED) is 0.122. The molecule has 6 rings (SSSR count). The van der Waals surface area contributed by atoms with E-state index in [1.165, 1.54) is 37.5 Å². The summed E-state index contributed by atoms with van der Waals surface area (Å²) >= 11 is 0. The van der Waals surface area contributed by atoms with Gasteiger partial charge in [0.05, 0.1) is 6.61 Å². The fourth-order valence-corrected chi connectivity index (χ4v) is 11.7. The van der Waals surface area contributed by atoms with Crippen molar-refractivity contribution in [2.45, 2.75) is 51.3 Å². The van der Waals surface area contributed by atoms with Gasteiger partial charge < -0.3 is 20.2 Å². The van der Waals surface area contributed by atoms with Crippen LogP contribution in [0.1, 0.15) is 55.4 Å². The van der Waals surface area contributed by atoms with Gasteiger partial charge in [0.2, 0.25) is 0 Å². The highest BCUT2D eigenvalue weighted by Crippen LogP contribution is 2.46. The SMILES string of the molecule is CC(C)(C)[Si](OCc1ccc(N)cc1CN(CCC1c2ccccc2-c2ccccc21)C(=O)O)(c1ccccc1)c1ccccc1. The van der Waals surface area contributed by atoms with E-state index in [0.717, 1.165) is 11.1 Å². The lowest BCUT2D eigenvalue weighted by atomic mass is 9.93. The van der Waals surface area contributed by atoms with Gasteiger partial charge in [-0.15, -0.1) is 0 Å². The van der Waals surface area contributed by atoms with E-state index >= 15 is 0 Å². The Labute approximate surface area is 273 Å². The molecule has 0 saturated heterocycles. The number of nitrogens with zero attached hydrogens (tertiary/aromatic N) is 1. The number of hydrogen-bond donors (Lipinski definition) is 2. The van der Waals surface area contributed by atoms with Crippen molar-refractivity contribution in [3.63, 3.8) is 0 Å². The molecular formula is C40H42N2O3Si. The summed E-state index contributed by atoms with van der Waals surface area (Å²) in [6.07, 6.45) is -0.253. The van der Waals surface area contributed by atoms with Gasteiger partial charge >= 0.3 is 6.09 Å². The zero-order valence-corrected chi connectivity index (χ0v) is 27.8. The first-order chi connectivity index (χ1) is 22.2. The van der Waals surface area contributed by atoms with Crippen molar-refractivity contribution in [3.8, 4) is 11.1 Å². The molecule has 0 unspecified atom stereocenters. The van der Waals surface area contributed by atoms with Crippen LogP contribution >= 0.6 is 0 Å². The standard InChI is InChI=1S/C40H42N2O3Si/c1-40(2,3)46(32-14-6-4-7-15-32,33-16-8-5-9-17-33)45-28-29-22-23-31(41)26-30(29)27-42(39(43)44)25-24-38-36-20-12-10-18-34(36)35-19-11-13-21-37(35)38/h4-23,26,38H,24-25,27-28,41H2,1-3H3,(H,43,44). The molecular weight excluding hydrogens is 585 g/mol. The normalized spacial score (nSPS) is 12.8. The molecule has 5 aromatic rings. The molecule has 0 aliphatic heterocycles. The number of amides is 1. The van der Waals surface area contributed by atoms with Crippen molar-refractivity contribution in [2.75, 3.05) is 12.3 Å². The Morgan fingerprint density at radius 3 is 1.80 bits per heavy atom. The van der Waals surface area contributed by atoms with E-state index in [9.17, 15) is 9.90 Å². The van der Waals surface area contributed by atoms with E-state index in [1.807, 2.05) is 30.3 Å². The average Bonchev–Trinajstić information content (AvgIpc) is 3.38. The largest absolute Gasteiger partial charge is 0.465 e. The van der Waals surface area contributed by atoms with Crippen molar-refractivity contribution in [1.82, 2.24) is 4.90 Å². The second-order valence-corrected chi connectivity index (χ2v) is 17.5. The van der Waals surface area contributed by atoms with Crippen LogP contribution in [-0.2, 0) is 17.6 Å². The van der Waals surface area contributed by atoms with Gasteiger partial charge in [-0.3, -0.25) is 0 Å². The summed E-state index contributed by atoms with van der Waals surface area (Å²) in [7, 11) is -2.79. The molecule has 46 heavy (non-hydrogen) atoms. The summed E-state index contributed by atoms with van der Waals surface area (Å²) in [5, 5.41) is 12.6. The fraction of sp³-hybridized carbons (Fsp3) is 0.225. The van der Waals surface area contributed by atoms with E-state index in [0.29, 0.717) is 25.3 Å². The summed E-state index contributed by atoms with van der Waals surface area (Å²) in [6, 6.07) is 43.8. The van der Waals surface area contributed by atoms with E-state index in [4.69, 9.17) is 10.2 Å². The average molecular weight is 627 g/mol. The number of fused-ring (bicyclic) bond motifs is 3. The number of benzene rings is 5. The molecule has 234 valence electrons. The lowest BCUT2D eigenvalue weighted by Crippen LogP contribution is -2.66. The third kappa shape index (κ3) is 5.98. The van der Waals surface area contributed by atoms with Gasteiger partial charge in [-0.2, -0.15) is 0 Å². The third-order valence-electron chi connectivity index (χ3n) is 9.37. The number of nitrogens with two attached hydrogens (primary N) is 1. The fourth-order valence-electron chi connectivity index (χ4n) is 7.19. The highest BCUT2D eigenvalue weighted by molar-refractivity contribution is 6.99. The van der Waals surface area contributed by atoms with Gasteiger partial charge in [-0.05, 0) is 67.3 Å². The van der Waals surface area contributed by atoms with Gasteiger partial charge in [0.15, 0.2) is 0 Å². The Bertz CT molecular complexity index is 1730. The topological polar surface area (TPSA) is 75.8 Å². The van der Waals surface area contributed by atoms with Crippen molar-refractivity contribution < 1.29 is 14.3 Å². The highest BCUT2D eigenvalue weighted by atomic mass is 28.4. The van der Waals surface area contributed by atoms with Crippen molar-refractivity contribution in [2.24, 2.45) is 0 Å². The van der Waals surface area contributed by atoms with Crippen LogP contribution in [0, 0.1) is 0 Å². The minimum absolute atomic E-state index is 0.146. The van der Waals surface area contributed by atoms with Crippen molar-refractivity contribution in [3.05, 3.63) is 150 Å². The van der Waals surface area contributed by atoms with Gasteiger partial charge in [0, 0.05) is 24.7 Å². The van der Waals surface area contributed by atoms with Crippen LogP contribution in [-0.4, -0.2) is 31.0 Å². The van der Waals surface area contributed by atoms with Crippen LogP contribution in [0.3, 0.4) is 0 Å². The maximum Gasteiger partial charge on any atom is 0.407 e. The Kier molecular flexibility index (Phi) is 8.85. The Hall–Kier alpha value is -4.65. The number of anilines is 1. The van der Waals surface area contributed by atoms with Crippen LogP contribution in [0.2, 0.25) is 5.04 Å². The molecule has 6 heteroatoms. The first-order valence-corrected chi connectivity index (χ1v) is 17.9. The van der Waals surface area contributed by atoms with E-state index in [2.05, 4.69) is 118 Å². The molecule has 0 radical (unpaired) electrons. The Morgan fingerprint density at radius 1 is 0.761 bits per heavy atom. The van der Waals surface area contributed by atoms with Gasteiger partial charge in [0.1, 0.15) is 0 Å². The van der Waals surface area contributed by atoms with Crippen LogP contribution in [0.15, 0.2) is 127 Å². The molecule has 0 saturated carbocycles. The number of rotatable bonds is 10. The minimum atomic E-state index is -2.79. The highest BCUT2D eigenvalue weighted by Gasteiger charge is 2.50. The van der Waals surface area contributed by atoms with E-state index in [-0.39, 0.29) is 17.5 Å². The Morgan fingerprint density at radius 2 is 1.28 bits per heavy atom. The molecule has 0 atom stereocenters. The number of hydrogen-bond acceptors (Lipinski definition) is 3. The molecule has 5 nitrogen and oxygen atoms in total. The first kappa shape index (κ1) is 31.3. The maximum atomic E-state index is 12.7. The predicted molar refractivity (Wildman–Crippen MR) is 190 cm³/mol. The van der Waals surface area contributed by atoms with Crippen LogP contribution in [0.25, 0.3) is 11.1 Å². The lowest BCUT2D eigenvalue weighted by Gasteiger charge is -2.43. The van der Waals surface area contributed by atoms with Crippen molar-refractivity contribution >= 4 is 30.5 Å². The maximum absolute atomic E-state index is 12.7. The number of carbonyl (C=O) groups is 1. The summed E-state index contributed by atoms with van der Waals surface area (Å²) in [6.45, 7) is 7.75. The van der Waals surface area contributed by atoms with Gasteiger partial charge in [-0.1, -0.05) is 136 Å². The zero-order chi connectivity index (χ0) is 32.3. The molecule has 0 bridgehead atoms. The van der Waals surface area contributed by atoms with Crippen LogP contribution < -0.4 is 16.1 Å². The number of nitrogen functional groups attached to an aromatic ring is 1. The summed E-state index contributed by atoms with van der Waals surface area (Å²) in [5.41, 5.74) is 13.7. The smallest absolute Gasteiger partial charge is 0.407 e. The summed E-state index contributed by atoms with van der Waals surface area (Å²) in [5.74, 6) is 0.146. The predicted octanol–water partition coefficient (Wildman–Crippen LogP) is 8.03. The van der Waals surface area contributed by atoms with E-state index < -0.39 is 14.4 Å². The molecule has 5 aromatic carbocycles. The van der Waals surface area contributed by atoms with Gasteiger partial charge in [-0.25, -0.2) is 4.79 Å². The van der Waals surface area contributed by atoms with Crippen LogP contribution in [0.5, 0.6) is 0 Å². The van der Waals surface area contributed by atoms with E-state index in [1.54, 1.807) is 0 Å². The third-order valence-corrected chi connectivity index (χ3v) is 14.4. The summed E-state index contributed by atoms with van der Waals surface area (Å²) in [4.78, 5) is 14.2. The molecule has 1 amide bonds. The molecule has 0 spiro atoms. The minimum Gasteiger partial charge on any atom is -0.465 e. The number of carboxylic acid groups (broad SMARTS) is 1. The van der Waals surface area contributed by atoms with Gasteiger partial charge in [0.25, 0.3) is 8.32 Å². The van der Waals surface area contributed by atoms with Crippen molar-refractivity contribution in [1.29, 1.82) is 0 Å². The summed E-state index contributed by atoms with van der Waals surface area (Å²) < 4.78 is 7.23. The lowest BCUT2D eigenvalue weighted by molar-refractivity contribution is 0.140.